The lowest BCUT2D eigenvalue weighted by Crippen LogP contribution is -2.50. The summed E-state index contributed by atoms with van der Waals surface area (Å²) >= 11 is 6.39. The number of urea groups is 1. The van der Waals surface area contributed by atoms with E-state index in [1.807, 2.05) is 18.2 Å². The van der Waals surface area contributed by atoms with E-state index in [0.717, 1.165) is 50.7 Å². The van der Waals surface area contributed by atoms with Crippen LogP contribution in [0, 0.1) is 0 Å². The smallest absolute Gasteiger partial charge is 0.328 e. The zero-order valence-corrected chi connectivity index (χ0v) is 17.7. The molecule has 3 aliphatic heterocycles. The van der Waals surface area contributed by atoms with Gasteiger partial charge >= 0.3 is 6.03 Å². The molecule has 1 aromatic rings. The highest BCUT2D eigenvalue weighted by Gasteiger charge is 2.29. The lowest BCUT2D eigenvalue weighted by molar-refractivity contribution is -0.120. The van der Waals surface area contributed by atoms with E-state index in [4.69, 9.17) is 11.6 Å². The van der Waals surface area contributed by atoms with E-state index in [1.165, 1.54) is 12.8 Å². The second-order valence-electron chi connectivity index (χ2n) is 8.25. The molecule has 2 N–H and O–H groups in total. The molecule has 1 aromatic carbocycles. The number of likely N-dealkylation sites (tertiary alicyclic amines) is 1. The van der Waals surface area contributed by atoms with Crippen LogP contribution >= 0.6 is 11.6 Å². The van der Waals surface area contributed by atoms with Crippen LogP contribution < -0.4 is 20.4 Å². The summed E-state index contributed by atoms with van der Waals surface area (Å²) in [7, 11) is 2.12. The molecule has 0 atom stereocenters. The number of hydrogen-bond acceptors (Lipinski definition) is 5. The number of amides is 3. The summed E-state index contributed by atoms with van der Waals surface area (Å²) in [6.45, 7) is 4.89. The van der Waals surface area contributed by atoms with Crippen LogP contribution in [0.5, 0.6) is 0 Å². The van der Waals surface area contributed by atoms with E-state index < -0.39 is 6.03 Å². The number of nitrogens with one attached hydrogen (secondary N) is 2. The second kappa shape index (κ2) is 8.90. The topological polar surface area (TPSA) is 67.9 Å². The number of rotatable bonds is 4. The standard InChI is InChI=1S/C21H30ClN5O2/c1-25(15-6-11-26(12-7-15)16-4-9-23-10-5-16)17-2-3-18(22)19(14-17)27-13-8-20(28)24-21(27)29/h2-3,14-16,23H,4-13H2,1H3,(H,24,28,29). The molecule has 0 bridgehead atoms. The highest BCUT2D eigenvalue weighted by Crippen LogP contribution is 2.33. The lowest BCUT2D eigenvalue weighted by atomic mass is 9.97. The predicted octanol–water partition coefficient (Wildman–Crippen LogP) is 2.44. The van der Waals surface area contributed by atoms with Crippen molar-refractivity contribution in [3.8, 4) is 0 Å². The van der Waals surface area contributed by atoms with E-state index in [-0.39, 0.29) is 12.3 Å². The van der Waals surface area contributed by atoms with Gasteiger partial charge in [0.15, 0.2) is 0 Å². The van der Waals surface area contributed by atoms with Crippen LogP contribution in [0.2, 0.25) is 5.02 Å². The van der Waals surface area contributed by atoms with Gasteiger partial charge in [-0.05, 0) is 57.0 Å². The number of piperidine rings is 2. The van der Waals surface area contributed by atoms with E-state index in [9.17, 15) is 9.59 Å². The Morgan fingerprint density at radius 3 is 2.48 bits per heavy atom. The number of benzene rings is 1. The van der Waals surface area contributed by atoms with Gasteiger partial charge in [0.25, 0.3) is 0 Å². The van der Waals surface area contributed by atoms with Gasteiger partial charge in [-0.1, -0.05) is 11.6 Å². The van der Waals surface area contributed by atoms with Gasteiger partial charge in [0, 0.05) is 50.9 Å². The van der Waals surface area contributed by atoms with Gasteiger partial charge in [-0.25, -0.2) is 4.79 Å². The summed E-state index contributed by atoms with van der Waals surface area (Å²) in [5.41, 5.74) is 1.71. The van der Waals surface area contributed by atoms with Crippen LogP contribution in [0.15, 0.2) is 18.2 Å². The zero-order chi connectivity index (χ0) is 20.4. The molecule has 0 radical (unpaired) electrons. The van der Waals surface area contributed by atoms with Crippen LogP contribution in [0.1, 0.15) is 32.1 Å². The quantitative estimate of drug-likeness (QED) is 0.784. The number of anilines is 2. The van der Waals surface area contributed by atoms with Gasteiger partial charge in [0.05, 0.1) is 10.7 Å². The molecule has 3 saturated heterocycles. The van der Waals surface area contributed by atoms with Crippen molar-refractivity contribution in [2.24, 2.45) is 0 Å². The first-order valence-electron chi connectivity index (χ1n) is 10.6. The average molecular weight is 420 g/mol. The summed E-state index contributed by atoms with van der Waals surface area (Å²) in [6.07, 6.45) is 5.06. The summed E-state index contributed by atoms with van der Waals surface area (Å²) < 4.78 is 0. The van der Waals surface area contributed by atoms with Crippen molar-refractivity contribution in [2.75, 3.05) is 49.6 Å². The Labute approximate surface area is 177 Å². The van der Waals surface area contributed by atoms with Crippen molar-refractivity contribution < 1.29 is 9.59 Å². The molecule has 29 heavy (non-hydrogen) atoms. The Hall–Kier alpha value is -1.83. The van der Waals surface area contributed by atoms with Crippen LogP contribution in [-0.2, 0) is 4.79 Å². The molecule has 3 heterocycles. The summed E-state index contributed by atoms with van der Waals surface area (Å²) in [6, 6.07) is 6.62. The minimum atomic E-state index is -0.404. The second-order valence-corrected chi connectivity index (χ2v) is 8.66. The maximum atomic E-state index is 12.2. The van der Waals surface area contributed by atoms with Gasteiger partial charge < -0.3 is 15.1 Å². The fraction of sp³-hybridized carbons (Fsp3) is 0.619. The number of halogens is 1. The SMILES string of the molecule is CN(c1ccc(Cl)c(N2CCC(=O)NC2=O)c1)C1CCN(C2CCNCC2)CC1. The van der Waals surface area contributed by atoms with Crippen molar-refractivity contribution in [3.63, 3.8) is 0 Å². The minimum absolute atomic E-state index is 0.240. The molecule has 7 nitrogen and oxygen atoms in total. The first-order valence-corrected chi connectivity index (χ1v) is 11.0. The summed E-state index contributed by atoms with van der Waals surface area (Å²) in [5, 5.41) is 6.34. The third-order valence-corrected chi connectivity index (χ3v) is 6.87. The number of carbonyl (C=O) groups excluding carboxylic acids is 2. The molecule has 3 amide bonds. The molecule has 3 aliphatic rings. The van der Waals surface area contributed by atoms with Crippen molar-refractivity contribution in [1.29, 1.82) is 0 Å². The van der Waals surface area contributed by atoms with Gasteiger partial charge in [-0.3, -0.25) is 15.0 Å². The first-order chi connectivity index (χ1) is 14.0. The van der Waals surface area contributed by atoms with Crippen LogP contribution in [-0.4, -0.2) is 68.7 Å². The fourth-order valence-corrected chi connectivity index (χ4v) is 4.96. The Kier molecular flexibility index (Phi) is 6.27. The predicted molar refractivity (Wildman–Crippen MR) is 116 cm³/mol. The van der Waals surface area contributed by atoms with Crippen LogP contribution in [0.3, 0.4) is 0 Å². The highest BCUT2D eigenvalue weighted by atomic mass is 35.5. The largest absolute Gasteiger partial charge is 0.371 e. The molecule has 0 spiro atoms. The van der Waals surface area contributed by atoms with Gasteiger partial charge in [0.2, 0.25) is 5.91 Å². The average Bonchev–Trinajstić information content (AvgIpc) is 2.75. The normalized spacial score (nSPS) is 22.6. The van der Waals surface area contributed by atoms with Gasteiger partial charge in [-0.2, -0.15) is 0 Å². The number of imide groups is 1. The Balaban J connectivity index is 1.42. The minimum Gasteiger partial charge on any atom is -0.371 e. The first kappa shape index (κ1) is 20.4. The molecule has 0 unspecified atom stereocenters. The van der Waals surface area contributed by atoms with E-state index in [1.54, 1.807) is 4.90 Å². The molecule has 0 saturated carbocycles. The molecule has 3 fully saturated rings. The maximum Gasteiger partial charge on any atom is 0.328 e. The Bertz CT molecular complexity index is 759. The monoisotopic (exact) mass is 419 g/mol. The van der Waals surface area contributed by atoms with Crippen LogP contribution in [0.25, 0.3) is 0 Å². The van der Waals surface area contributed by atoms with Gasteiger partial charge in [-0.15, -0.1) is 0 Å². The molecular weight excluding hydrogens is 390 g/mol. The molecule has 0 aromatic heterocycles. The number of hydrogen-bond donors (Lipinski definition) is 2. The molecule has 158 valence electrons. The lowest BCUT2D eigenvalue weighted by Gasteiger charge is -2.42. The number of nitrogens with zero attached hydrogens (tertiary/aromatic N) is 3. The van der Waals surface area contributed by atoms with Crippen molar-refractivity contribution >= 4 is 34.9 Å². The number of carbonyl (C=O) groups is 2. The maximum absolute atomic E-state index is 12.2. The molecule has 8 heteroatoms. The van der Waals surface area contributed by atoms with E-state index >= 15 is 0 Å². The molecule has 4 rings (SSSR count). The van der Waals surface area contributed by atoms with E-state index in [2.05, 4.69) is 27.5 Å². The highest BCUT2D eigenvalue weighted by molar-refractivity contribution is 6.34. The third kappa shape index (κ3) is 4.52. The fourth-order valence-electron chi connectivity index (χ4n) is 4.74. The summed E-state index contributed by atoms with van der Waals surface area (Å²) in [4.78, 5) is 30.2. The van der Waals surface area contributed by atoms with Crippen molar-refractivity contribution in [3.05, 3.63) is 23.2 Å². The van der Waals surface area contributed by atoms with Crippen molar-refractivity contribution in [2.45, 2.75) is 44.2 Å². The molecule has 0 aliphatic carbocycles. The zero-order valence-electron chi connectivity index (χ0n) is 17.0. The third-order valence-electron chi connectivity index (χ3n) is 6.55. The molecular formula is C21H30ClN5O2. The van der Waals surface area contributed by atoms with Gasteiger partial charge in [0.1, 0.15) is 0 Å². The Morgan fingerprint density at radius 2 is 1.79 bits per heavy atom. The summed E-state index contributed by atoms with van der Waals surface area (Å²) in [5.74, 6) is -0.240. The van der Waals surface area contributed by atoms with Crippen molar-refractivity contribution in [1.82, 2.24) is 15.5 Å². The Morgan fingerprint density at radius 1 is 1.07 bits per heavy atom. The van der Waals surface area contributed by atoms with E-state index in [0.29, 0.717) is 23.3 Å². The van der Waals surface area contributed by atoms with Crippen LogP contribution in [0.4, 0.5) is 16.2 Å².